The first-order valence-electron chi connectivity index (χ1n) is 6.21. The van der Waals surface area contributed by atoms with E-state index in [2.05, 4.69) is 4.74 Å². The SMILES string of the molecule is COc1c(F)ccc(C(=O)N2CCO[C@@H](CN)C2)c1F. The molecule has 0 spiro atoms. The second-order valence-corrected chi connectivity index (χ2v) is 4.42. The maximum atomic E-state index is 14.0. The van der Waals surface area contributed by atoms with Gasteiger partial charge < -0.3 is 20.1 Å². The van der Waals surface area contributed by atoms with Crippen LogP contribution >= 0.6 is 0 Å². The monoisotopic (exact) mass is 286 g/mol. The van der Waals surface area contributed by atoms with Crippen molar-refractivity contribution in [1.82, 2.24) is 4.90 Å². The Hall–Kier alpha value is -1.73. The fourth-order valence-electron chi connectivity index (χ4n) is 2.10. The Morgan fingerprint density at radius 3 is 2.95 bits per heavy atom. The average Bonchev–Trinajstić information content (AvgIpc) is 2.47. The highest BCUT2D eigenvalue weighted by molar-refractivity contribution is 5.95. The van der Waals surface area contributed by atoms with Gasteiger partial charge in [0.05, 0.1) is 25.4 Å². The van der Waals surface area contributed by atoms with Crippen molar-refractivity contribution in [3.8, 4) is 5.75 Å². The first-order chi connectivity index (χ1) is 9.58. The van der Waals surface area contributed by atoms with E-state index in [0.717, 1.165) is 19.2 Å². The van der Waals surface area contributed by atoms with Crippen LogP contribution in [0.4, 0.5) is 8.78 Å². The minimum Gasteiger partial charge on any atom is -0.491 e. The number of methoxy groups -OCH3 is 1. The van der Waals surface area contributed by atoms with Crippen molar-refractivity contribution < 1.29 is 23.0 Å². The van der Waals surface area contributed by atoms with Crippen LogP contribution in [-0.2, 0) is 4.74 Å². The summed E-state index contributed by atoms with van der Waals surface area (Å²) >= 11 is 0. The smallest absolute Gasteiger partial charge is 0.257 e. The number of nitrogens with zero attached hydrogens (tertiary/aromatic N) is 1. The van der Waals surface area contributed by atoms with Crippen LogP contribution in [0.15, 0.2) is 12.1 Å². The van der Waals surface area contributed by atoms with Crippen LogP contribution in [0.3, 0.4) is 0 Å². The van der Waals surface area contributed by atoms with Gasteiger partial charge in [0.25, 0.3) is 5.91 Å². The van der Waals surface area contributed by atoms with Crippen LogP contribution in [0.25, 0.3) is 0 Å². The van der Waals surface area contributed by atoms with E-state index in [1.807, 2.05) is 0 Å². The second kappa shape index (κ2) is 6.15. The number of carbonyl (C=O) groups is 1. The fourth-order valence-corrected chi connectivity index (χ4v) is 2.10. The lowest BCUT2D eigenvalue weighted by Gasteiger charge is -2.32. The number of carbonyl (C=O) groups excluding carboxylic acids is 1. The number of nitrogens with two attached hydrogens (primary N) is 1. The molecule has 1 aromatic rings. The first-order valence-corrected chi connectivity index (χ1v) is 6.21. The van der Waals surface area contributed by atoms with Crippen molar-refractivity contribution >= 4 is 5.91 Å². The van der Waals surface area contributed by atoms with E-state index in [4.69, 9.17) is 10.5 Å². The minimum atomic E-state index is -0.992. The lowest BCUT2D eigenvalue weighted by Crippen LogP contribution is -2.48. The van der Waals surface area contributed by atoms with Crippen molar-refractivity contribution in [1.29, 1.82) is 0 Å². The summed E-state index contributed by atoms with van der Waals surface area (Å²) in [4.78, 5) is 13.7. The lowest BCUT2D eigenvalue weighted by molar-refractivity contribution is -0.0169. The zero-order valence-corrected chi connectivity index (χ0v) is 11.1. The molecule has 1 heterocycles. The van der Waals surface area contributed by atoms with E-state index in [1.165, 1.54) is 4.90 Å². The highest BCUT2D eigenvalue weighted by Crippen LogP contribution is 2.25. The van der Waals surface area contributed by atoms with Crippen LogP contribution in [0.5, 0.6) is 5.75 Å². The molecule has 0 saturated carbocycles. The first kappa shape index (κ1) is 14.7. The van der Waals surface area contributed by atoms with Crippen LogP contribution in [0.2, 0.25) is 0 Å². The zero-order chi connectivity index (χ0) is 14.7. The van der Waals surface area contributed by atoms with Gasteiger partial charge in [-0.1, -0.05) is 0 Å². The summed E-state index contributed by atoms with van der Waals surface area (Å²) in [7, 11) is 1.15. The molecule has 0 radical (unpaired) electrons. The predicted octanol–water partition coefficient (Wildman–Crippen LogP) is 0.773. The standard InChI is InChI=1S/C13H16F2N2O3/c1-19-12-10(14)3-2-9(11(12)15)13(18)17-4-5-20-8(6-16)7-17/h2-3,8H,4-7,16H2,1H3/t8-/m0/s1. The van der Waals surface area contributed by atoms with E-state index in [1.54, 1.807) is 0 Å². The Balaban J connectivity index is 2.25. The molecule has 110 valence electrons. The van der Waals surface area contributed by atoms with Gasteiger partial charge in [0.15, 0.2) is 17.4 Å². The molecule has 2 rings (SSSR count). The molecule has 5 nitrogen and oxygen atoms in total. The van der Waals surface area contributed by atoms with Crippen molar-refractivity contribution in [3.05, 3.63) is 29.3 Å². The molecule has 1 aliphatic heterocycles. The number of amides is 1. The number of ether oxygens (including phenoxy) is 2. The second-order valence-electron chi connectivity index (χ2n) is 4.42. The molecular formula is C13H16F2N2O3. The molecule has 1 aromatic carbocycles. The van der Waals surface area contributed by atoms with E-state index < -0.39 is 23.3 Å². The van der Waals surface area contributed by atoms with Gasteiger partial charge in [-0.05, 0) is 12.1 Å². The molecule has 0 unspecified atom stereocenters. The molecule has 0 bridgehead atoms. The number of halogens is 2. The maximum Gasteiger partial charge on any atom is 0.257 e. The fraction of sp³-hybridized carbons (Fsp3) is 0.462. The van der Waals surface area contributed by atoms with Gasteiger partial charge in [-0.3, -0.25) is 4.79 Å². The summed E-state index contributed by atoms with van der Waals surface area (Å²) in [6.45, 7) is 1.25. The van der Waals surface area contributed by atoms with Gasteiger partial charge >= 0.3 is 0 Å². The van der Waals surface area contributed by atoms with Gasteiger partial charge in [0, 0.05) is 19.6 Å². The topological polar surface area (TPSA) is 64.8 Å². The highest BCUT2D eigenvalue weighted by Gasteiger charge is 2.27. The molecule has 1 saturated heterocycles. The highest BCUT2D eigenvalue weighted by atomic mass is 19.1. The van der Waals surface area contributed by atoms with Crippen LogP contribution in [0, 0.1) is 11.6 Å². The molecule has 1 amide bonds. The molecular weight excluding hydrogens is 270 g/mol. The Labute approximate surface area is 115 Å². The largest absolute Gasteiger partial charge is 0.491 e. The van der Waals surface area contributed by atoms with E-state index in [9.17, 15) is 13.6 Å². The van der Waals surface area contributed by atoms with Crippen molar-refractivity contribution in [2.45, 2.75) is 6.10 Å². The molecule has 20 heavy (non-hydrogen) atoms. The molecule has 7 heteroatoms. The summed E-state index contributed by atoms with van der Waals surface area (Å²) < 4.78 is 37.3. The summed E-state index contributed by atoms with van der Waals surface area (Å²) in [6, 6.07) is 2.12. The van der Waals surface area contributed by atoms with Gasteiger partial charge in [-0.15, -0.1) is 0 Å². The summed E-state index contributed by atoms with van der Waals surface area (Å²) in [5.41, 5.74) is 5.27. The quantitative estimate of drug-likeness (QED) is 0.891. The van der Waals surface area contributed by atoms with E-state index >= 15 is 0 Å². The van der Waals surface area contributed by atoms with Crippen LogP contribution in [-0.4, -0.2) is 50.3 Å². The van der Waals surface area contributed by atoms with Crippen LogP contribution in [0.1, 0.15) is 10.4 Å². The van der Waals surface area contributed by atoms with Gasteiger partial charge in [0.2, 0.25) is 0 Å². The molecule has 1 fully saturated rings. The third kappa shape index (κ3) is 2.73. The summed E-state index contributed by atoms with van der Waals surface area (Å²) in [5.74, 6) is -2.92. The number of benzene rings is 1. The molecule has 0 aliphatic carbocycles. The third-order valence-electron chi connectivity index (χ3n) is 3.17. The number of rotatable bonds is 3. The van der Waals surface area contributed by atoms with Gasteiger partial charge in [-0.25, -0.2) is 8.78 Å². The molecule has 1 aliphatic rings. The summed E-state index contributed by atoms with van der Waals surface area (Å²) in [5, 5.41) is 0. The Morgan fingerprint density at radius 2 is 2.30 bits per heavy atom. The normalized spacial score (nSPS) is 19.0. The number of hydrogen-bond acceptors (Lipinski definition) is 4. The number of morpholine rings is 1. The van der Waals surface area contributed by atoms with Crippen molar-refractivity contribution in [3.63, 3.8) is 0 Å². The van der Waals surface area contributed by atoms with E-state index in [0.29, 0.717) is 13.2 Å². The molecule has 1 atom stereocenters. The minimum absolute atomic E-state index is 0.221. The molecule has 0 aromatic heterocycles. The van der Waals surface area contributed by atoms with Crippen molar-refractivity contribution in [2.24, 2.45) is 5.73 Å². The lowest BCUT2D eigenvalue weighted by atomic mass is 10.1. The van der Waals surface area contributed by atoms with E-state index in [-0.39, 0.29) is 24.8 Å². The Bertz CT molecular complexity index is 511. The van der Waals surface area contributed by atoms with Gasteiger partial charge in [0.1, 0.15) is 0 Å². The molecule has 2 N–H and O–H groups in total. The zero-order valence-electron chi connectivity index (χ0n) is 11.1. The Kier molecular flexibility index (Phi) is 4.51. The van der Waals surface area contributed by atoms with Crippen LogP contribution < -0.4 is 10.5 Å². The number of hydrogen-bond donors (Lipinski definition) is 1. The Morgan fingerprint density at radius 1 is 1.55 bits per heavy atom. The maximum absolute atomic E-state index is 14.0. The third-order valence-corrected chi connectivity index (χ3v) is 3.17. The summed E-state index contributed by atoms with van der Waals surface area (Å²) in [6.07, 6.45) is -0.266. The van der Waals surface area contributed by atoms with Crippen molar-refractivity contribution in [2.75, 3.05) is 33.4 Å². The van der Waals surface area contributed by atoms with Gasteiger partial charge in [-0.2, -0.15) is 0 Å². The average molecular weight is 286 g/mol. The predicted molar refractivity (Wildman–Crippen MR) is 67.6 cm³/mol.